The van der Waals surface area contributed by atoms with Gasteiger partial charge in [0.15, 0.2) is 0 Å². The Bertz CT molecular complexity index is 162. The summed E-state index contributed by atoms with van der Waals surface area (Å²) >= 11 is 0. The second-order valence-electron chi connectivity index (χ2n) is 5.25. The van der Waals surface area contributed by atoms with Crippen LogP contribution in [0.15, 0.2) is 0 Å². The van der Waals surface area contributed by atoms with Crippen molar-refractivity contribution in [2.24, 2.45) is 17.1 Å². The third-order valence-electron chi connectivity index (χ3n) is 3.89. The van der Waals surface area contributed by atoms with Crippen LogP contribution in [0.5, 0.6) is 0 Å². The van der Waals surface area contributed by atoms with Crippen molar-refractivity contribution in [3.63, 3.8) is 0 Å². The van der Waals surface area contributed by atoms with E-state index in [0.29, 0.717) is 5.41 Å². The fourth-order valence-electron chi connectivity index (χ4n) is 2.47. The Hall–Kier alpha value is -0.0800. The minimum Gasteiger partial charge on any atom is -0.381 e. The molecule has 1 aliphatic rings. The summed E-state index contributed by atoms with van der Waals surface area (Å²) in [5.41, 5.74) is 6.35. The molecule has 0 aliphatic heterocycles. The van der Waals surface area contributed by atoms with Crippen molar-refractivity contribution in [3.8, 4) is 0 Å². The summed E-state index contributed by atoms with van der Waals surface area (Å²) in [6.07, 6.45) is 7.60. The van der Waals surface area contributed by atoms with Crippen molar-refractivity contribution in [2.45, 2.75) is 52.4 Å². The lowest BCUT2D eigenvalue weighted by Crippen LogP contribution is -2.35. The van der Waals surface area contributed by atoms with E-state index >= 15 is 0 Å². The smallest absolute Gasteiger partial charge is 0.0471 e. The summed E-state index contributed by atoms with van der Waals surface area (Å²) in [6, 6.07) is 0. The third kappa shape index (κ3) is 4.12. The maximum Gasteiger partial charge on any atom is 0.0471 e. The first kappa shape index (κ1) is 13.0. The summed E-state index contributed by atoms with van der Waals surface area (Å²) in [6.45, 7) is 7.15. The lowest BCUT2D eigenvalue weighted by Gasteiger charge is -2.38. The van der Waals surface area contributed by atoms with E-state index < -0.39 is 0 Å². The fourth-order valence-corrected chi connectivity index (χ4v) is 2.47. The Labute approximate surface area is 94.6 Å². The molecule has 90 valence electrons. The highest BCUT2D eigenvalue weighted by Gasteiger charge is 2.32. The van der Waals surface area contributed by atoms with Crippen LogP contribution in [0.2, 0.25) is 0 Å². The first-order valence-electron chi connectivity index (χ1n) is 6.50. The van der Waals surface area contributed by atoms with Crippen LogP contribution < -0.4 is 5.73 Å². The molecule has 0 spiro atoms. The highest BCUT2D eigenvalue weighted by molar-refractivity contribution is 4.85. The zero-order valence-corrected chi connectivity index (χ0v) is 10.4. The van der Waals surface area contributed by atoms with Crippen LogP contribution in [0.1, 0.15) is 52.4 Å². The van der Waals surface area contributed by atoms with Crippen LogP contribution in [0, 0.1) is 11.3 Å². The van der Waals surface area contributed by atoms with Crippen molar-refractivity contribution >= 4 is 0 Å². The van der Waals surface area contributed by atoms with Crippen LogP contribution >= 0.6 is 0 Å². The lowest BCUT2D eigenvalue weighted by atomic mass is 9.69. The summed E-state index contributed by atoms with van der Waals surface area (Å²) in [7, 11) is 0. The predicted octanol–water partition coefficient (Wildman–Crippen LogP) is 2.96. The van der Waals surface area contributed by atoms with Gasteiger partial charge in [-0.3, -0.25) is 0 Å². The highest BCUT2D eigenvalue weighted by Crippen LogP contribution is 2.40. The first-order valence-corrected chi connectivity index (χ1v) is 6.50. The van der Waals surface area contributed by atoms with Gasteiger partial charge >= 0.3 is 0 Å². The molecular weight excluding hydrogens is 186 g/mol. The zero-order chi connectivity index (χ0) is 11.1. The predicted molar refractivity (Wildman–Crippen MR) is 64.8 cm³/mol. The normalized spacial score (nSPS) is 31.8. The average Bonchev–Trinajstić information content (AvgIpc) is 2.28. The lowest BCUT2D eigenvalue weighted by molar-refractivity contribution is 0.0696. The van der Waals surface area contributed by atoms with Crippen LogP contribution in [-0.2, 0) is 4.74 Å². The molecule has 2 N–H and O–H groups in total. The first-order chi connectivity index (χ1) is 7.22. The number of rotatable bonds is 6. The van der Waals surface area contributed by atoms with Gasteiger partial charge in [0.05, 0.1) is 0 Å². The van der Waals surface area contributed by atoms with Crippen LogP contribution in [0.3, 0.4) is 0 Å². The van der Waals surface area contributed by atoms with Gasteiger partial charge in [-0.2, -0.15) is 0 Å². The minimum atomic E-state index is 0.403. The molecule has 0 bridgehead atoms. The van der Waals surface area contributed by atoms with Gasteiger partial charge in [-0.15, -0.1) is 0 Å². The van der Waals surface area contributed by atoms with Gasteiger partial charge in [-0.1, -0.05) is 26.7 Å². The number of hydrogen-bond donors (Lipinski definition) is 1. The molecule has 0 atom stereocenters. The SMILES string of the molecule is CCCOCCC1(CN)CCC(C)CC1. The summed E-state index contributed by atoms with van der Waals surface area (Å²) in [4.78, 5) is 0. The van der Waals surface area contributed by atoms with Gasteiger partial charge in [0.2, 0.25) is 0 Å². The van der Waals surface area contributed by atoms with Crippen molar-refractivity contribution in [1.29, 1.82) is 0 Å². The van der Waals surface area contributed by atoms with Crippen molar-refractivity contribution in [2.75, 3.05) is 19.8 Å². The second-order valence-corrected chi connectivity index (χ2v) is 5.25. The van der Waals surface area contributed by atoms with Crippen LogP contribution in [0.25, 0.3) is 0 Å². The molecule has 0 aromatic rings. The van der Waals surface area contributed by atoms with Gasteiger partial charge in [0.1, 0.15) is 0 Å². The van der Waals surface area contributed by atoms with E-state index in [1.54, 1.807) is 0 Å². The maximum absolute atomic E-state index is 5.94. The van der Waals surface area contributed by atoms with Crippen molar-refractivity contribution in [1.82, 2.24) is 0 Å². The van der Waals surface area contributed by atoms with E-state index in [2.05, 4.69) is 13.8 Å². The number of hydrogen-bond acceptors (Lipinski definition) is 2. The molecule has 0 heterocycles. The van der Waals surface area contributed by atoms with E-state index in [-0.39, 0.29) is 0 Å². The minimum absolute atomic E-state index is 0.403. The molecule has 0 aromatic carbocycles. The van der Waals surface area contributed by atoms with Gasteiger partial charge in [0.25, 0.3) is 0 Å². The molecule has 1 fully saturated rings. The summed E-state index contributed by atoms with van der Waals surface area (Å²) in [5.74, 6) is 0.904. The molecule has 2 nitrogen and oxygen atoms in total. The van der Waals surface area contributed by atoms with E-state index in [0.717, 1.165) is 38.5 Å². The Kier molecular flexibility index (Phi) is 5.62. The summed E-state index contributed by atoms with van der Waals surface area (Å²) < 4.78 is 5.58. The second kappa shape index (κ2) is 6.49. The Morgan fingerprint density at radius 2 is 1.93 bits per heavy atom. The Balaban J connectivity index is 2.27. The fraction of sp³-hybridized carbons (Fsp3) is 1.00. The molecule has 0 amide bonds. The molecule has 0 saturated heterocycles. The Morgan fingerprint density at radius 1 is 1.27 bits per heavy atom. The molecule has 0 unspecified atom stereocenters. The number of nitrogens with two attached hydrogens (primary N) is 1. The topological polar surface area (TPSA) is 35.2 Å². The molecule has 1 saturated carbocycles. The van der Waals surface area contributed by atoms with E-state index in [1.807, 2.05) is 0 Å². The monoisotopic (exact) mass is 213 g/mol. The molecule has 0 aromatic heterocycles. The zero-order valence-electron chi connectivity index (χ0n) is 10.4. The van der Waals surface area contributed by atoms with Crippen molar-refractivity contribution < 1.29 is 4.74 Å². The van der Waals surface area contributed by atoms with Crippen LogP contribution in [-0.4, -0.2) is 19.8 Å². The van der Waals surface area contributed by atoms with Gasteiger partial charge in [-0.25, -0.2) is 0 Å². The molecular formula is C13H27NO. The third-order valence-corrected chi connectivity index (χ3v) is 3.89. The van der Waals surface area contributed by atoms with E-state index in [1.165, 1.54) is 25.7 Å². The highest BCUT2D eigenvalue weighted by atomic mass is 16.5. The maximum atomic E-state index is 5.94. The van der Waals surface area contributed by atoms with E-state index in [9.17, 15) is 0 Å². The molecule has 15 heavy (non-hydrogen) atoms. The van der Waals surface area contributed by atoms with Crippen LogP contribution in [0.4, 0.5) is 0 Å². The molecule has 1 aliphatic carbocycles. The van der Waals surface area contributed by atoms with Crippen molar-refractivity contribution in [3.05, 3.63) is 0 Å². The largest absolute Gasteiger partial charge is 0.381 e. The molecule has 0 radical (unpaired) electrons. The van der Waals surface area contributed by atoms with Gasteiger partial charge in [-0.05, 0) is 43.6 Å². The van der Waals surface area contributed by atoms with Gasteiger partial charge in [0, 0.05) is 13.2 Å². The average molecular weight is 213 g/mol. The standard InChI is InChI=1S/C13H27NO/c1-3-9-15-10-8-13(11-14)6-4-12(2)5-7-13/h12H,3-11,14H2,1-2H3. The quantitative estimate of drug-likeness (QED) is 0.688. The molecule has 2 heteroatoms. The van der Waals surface area contributed by atoms with E-state index in [4.69, 9.17) is 10.5 Å². The van der Waals surface area contributed by atoms with Gasteiger partial charge < -0.3 is 10.5 Å². The molecule has 1 rings (SSSR count). The number of ether oxygens (including phenoxy) is 1. The summed E-state index contributed by atoms with van der Waals surface area (Å²) in [5, 5.41) is 0. The Morgan fingerprint density at radius 3 is 2.47 bits per heavy atom.